The molecule has 0 aliphatic heterocycles. The summed E-state index contributed by atoms with van der Waals surface area (Å²) >= 11 is 0. The summed E-state index contributed by atoms with van der Waals surface area (Å²) in [5.41, 5.74) is 0.357. The van der Waals surface area contributed by atoms with Gasteiger partial charge in [0.2, 0.25) is 21.8 Å². The maximum atomic E-state index is 13.4. The first-order chi connectivity index (χ1) is 16.0. The number of nitrogens with zero attached hydrogens (tertiary/aromatic N) is 3. The topological polar surface area (TPSA) is 139 Å². The van der Waals surface area contributed by atoms with E-state index >= 15 is 0 Å². The number of carbonyl (C=O) groups excluding carboxylic acids is 2. The maximum absolute atomic E-state index is 13.4. The van der Waals surface area contributed by atoms with E-state index in [1.54, 1.807) is 38.1 Å². The summed E-state index contributed by atoms with van der Waals surface area (Å²) in [6.45, 7) is 3.04. The third-order valence-corrected chi connectivity index (χ3v) is 6.18. The lowest BCUT2D eigenvalue weighted by Crippen LogP contribution is -2.51. The summed E-state index contributed by atoms with van der Waals surface area (Å²) in [5.74, 6) is -0.426. The highest BCUT2D eigenvalue weighted by molar-refractivity contribution is 7.92. The number of sulfonamides is 1. The van der Waals surface area contributed by atoms with Gasteiger partial charge in [0.05, 0.1) is 24.0 Å². The number of methoxy groups -OCH3 is 1. The van der Waals surface area contributed by atoms with Crippen molar-refractivity contribution in [3.05, 3.63) is 64.2 Å². The van der Waals surface area contributed by atoms with Crippen LogP contribution in [0.3, 0.4) is 0 Å². The van der Waals surface area contributed by atoms with Crippen molar-refractivity contribution < 1.29 is 27.7 Å². The van der Waals surface area contributed by atoms with Crippen molar-refractivity contribution in [2.45, 2.75) is 26.4 Å². The highest BCUT2D eigenvalue weighted by atomic mass is 32.2. The van der Waals surface area contributed by atoms with Gasteiger partial charge in [0.25, 0.3) is 5.69 Å². The number of amides is 2. The first kappa shape index (κ1) is 26.6. The fourth-order valence-electron chi connectivity index (χ4n) is 3.21. The quantitative estimate of drug-likeness (QED) is 0.373. The zero-order chi connectivity index (χ0) is 25.5. The van der Waals surface area contributed by atoms with Crippen molar-refractivity contribution in [2.75, 3.05) is 30.8 Å². The third kappa shape index (κ3) is 6.91. The second-order valence-electron chi connectivity index (χ2n) is 7.49. The third-order valence-electron chi connectivity index (χ3n) is 5.04. The van der Waals surface area contributed by atoms with Crippen molar-refractivity contribution in [1.29, 1.82) is 0 Å². The van der Waals surface area contributed by atoms with E-state index in [0.717, 1.165) is 16.6 Å². The first-order valence-corrected chi connectivity index (χ1v) is 12.2. The van der Waals surface area contributed by atoms with Crippen molar-refractivity contribution in [2.24, 2.45) is 0 Å². The SMILES string of the molecule is CCNC(=O)C(C)N(Cc1ccc(OC)cc1)C(=O)CN(c1cccc([N+](=O)[O-])c1)S(C)(=O)=O. The molecule has 1 atom stereocenters. The van der Waals surface area contributed by atoms with Crippen LogP contribution in [0.2, 0.25) is 0 Å². The Morgan fingerprint density at radius 3 is 2.35 bits per heavy atom. The number of rotatable bonds is 11. The van der Waals surface area contributed by atoms with Crippen molar-refractivity contribution in [3.8, 4) is 5.75 Å². The summed E-state index contributed by atoms with van der Waals surface area (Å²) in [6, 6.07) is 11.0. The van der Waals surface area contributed by atoms with Gasteiger partial charge < -0.3 is 15.0 Å². The average molecular weight is 493 g/mol. The molecule has 0 spiro atoms. The Hall–Kier alpha value is -3.67. The predicted octanol–water partition coefficient (Wildman–Crippen LogP) is 1.92. The van der Waals surface area contributed by atoms with Crippen LogP contribution in [0, 0.1) is 10.1 Å². The molecule has 11 nitrogen and oxygen atoms in total. The maximum Gasteiger partial charge on any atom is 0.271 e. The number of hydrogen-bond acceptors (Lipinski definition) is 7. The Morgan fingerprint density at radius 1 is 1.18 bits per heavy atom. The molecule has 0 saturated heterocycles. The lowest BCUT2D eigenvalue weighted by Gasteiger charge is -2.31. The standard InChI is InChI=1S/C22H28N4O7S/c1-5-23-22(28)16(2)24(14-17-9-11-20(33-3)12-10-17)21(27)15-25(34(4,31)32)18-7-6-8-19(13-18)26(29)30/h6-13,16H,5,14-15H2,1-4H3,(H,23,28). The van der Waals surface area contributed by atoms with Gasteiger partial charge in [-0.25, -0.2) is 8.42 Å². The fourth-order valence-corrected chi connectivity index (χ4v) is 4.05. The zero-order valence-electron chi connectivity index (χ0n) is 19.4. The Balaban J connectivity index is 2.41. The minimum Gasteiger partial charge on any atom is -0.497 e. The number of nitro benzene ring substituents is 1. The second kappa shape index (κ2) is 11.5. The number of nitro groups is 1. The van der Waals surface area contributed by atoms with Crippen LogP contribution in [0.1, 0.15) is 19.4 Å². The van der Waals surface area contributed by atoms with Gasteiger partial charge in [0.15, 0.2) is 0 Å². The van der Waals surface area contributed by atoms with E-state index < -0.39 is 39.3 Å². The van der Waals surface area contributed by atoms with E-state index in [2.05, 4.69) is 5.32 Å². The molecular weight excluding hydrogens is 464 g/mol. The number of likely N-dealkylation sites (N-methyl/N-ethyl adjacent to an activating group) is 1. The zero-order valence-corrected chi connectivity index (χ0v) is 20.2. The molecule has 2 aromatic rings. The summed E-state index contributed by atoms with van der Waals surface area (Å²) < 4.78 is 30.9. The number of non-ortho nitro benzene ring substituents is 1. The number of ether oxygens (including phenoxy) is 1. The average Bonchev–Trinajstić information content (AvgIpc) is 2.80. The van der Waals surface area contributed by atoms with E-state index in [-0.39, 0.29) is 17.9 Å². The van der Waals surface area contributed by atoms with Gasteiger partial charge >= 0.3 is 0 Å². The van der Waals surface area contributed by atoms with Gasteiger partial charge in [-0.2, -0.15) is 0 Å². The minimum absolute atomic E-state index is 0.0277. The molecule has 184 valence electrons. The molecule has 1 unspecified atom stereocenters. The van der Waals surface area contributed by atoms with Crippen LogP contribution < -0.4 is 14.4 Å². The fraction of sp³-hybridized carbons (Fsp3) is 0.364. The molecule has 2 rings (SSSR count). The molecule has 0 heterocycles. The molecule has 0 bridgehead atoms. The van der Waals surface area contributed by atoms with Gasteiger partial charge in [0, 0.05) is 25.2 Å². The summed E-state index contributed by atoms with van der Waals surface area (Å²) in [5, 5.41) is 13.8. The Bertz CT molecular complexity index is 1140. The van der Waals surface area contributed by atoms with Gasteiger partial charge in [-0.15, -0.1) is 0 Å². The minimum atomic E-state index is -3.98. The molecular formula is C22H28N4O7S. The molecule has 1 N–H and O–H groups in total. The van der Waals surface area contributed by atoms with Crippen molar-refractivity contribution >= 4 is 33.2 Å². The van der Waals surface area contributed by atoms with Crippen LogP contribution in [-0.2, 0) is 26.2 Å². The van der Waals surface area contributed by atoms with E-state index in [1.807, 2.05) is 0 Å². The molecule has 0 radical (unpaired) electrons. The summed E-state index contributed by atoms with van der Waals surface area (Å²) in [6.07, 6.45) is 0.903. The number of benzene rings is 2. The number of hydrogen-bond donors (Lipinski definition) is 1. The van der Waals surface area contributed by atoms with Crippen LogP contribution in [-0.4, -0.2) is 62.6 Å². The summed E-state index contributed by atoms with van der Waals surface area (Å²) in [7, 11) is -2.46. The van der Waals surface area contributed by atoms with E-state index in [9.17, 15) is 28.1 Å². The van der Waals surface area contributed by atoms with Crippen LogP contribution in [0.5, 0.6) is 5.75 Å². The first-order valence-electron chi connectivity index (χ1n) is 10.4. The highest BCUT2D eigenvalue weighted by Crippen LogP contribution is 2.24. The van der Waals surface area contributed by atoms with E-state index in [0.29, 0.717) is 17.9 Å². The molecule has 0 aromatic heterocycles. The molecule has 12 heteroatoms. The lowest BCUT2D eigenvalue weighted by atomic mass is 10.1. The molecule has 2 aromatic carbocycles. The normalized spacial score (nSPS) is 11.9. The van der Waals surface area contributed by atoms with Crippen LogP contribution in [0.25, 0.3) is 0 Å². The molecule has 0 fully saturated rings. The Labute approximate surface area is 198 Å². The van der Waals surface area contributed by atoms with Crippen molar-refractivity contribution in [3.63, 3.8) is 0 Å². The van der Waals surface area contributed by atoms with E-state index in [4.69, 9.17) is 4.74 Å². The van der Waals surface area contributed by atoms with Gasteiger partial charge in [-0.1, -0.05) is 18.2 Å². The smallest absolute Gasteiger partial charge is 0.271 e. The lowest BCUT2D eigenvalue weighted by molar-refractivity contribution is -0.384. The van der Waals surface area contributed by atoms with E-state index in [1.165, 1.54) is 30.2 Å². The van der Waals surface area contributed by atoms with Gasteiger partial charge in [-0.3, -0.25) is 24.0 Å². The van der Waals surface area contributed by atoms with Crippen molar-refractivity contribution in [1.82, 2.24) is 10.2 Å². The molecule has 0 aliphatic rings. The highest BCUT2D eigenvalue weighted by Gasteiger charge is 2.30. The van der Waals surface area contributed by atoms with Gasteiger partial charge in [0.1, 0.15) is 18.3 Å². The number of nitrogens with one attached hydrogen (secondary N) is 1. The van der Waals surface area contributed by atoms with Crippen LogP contribution >= 0.6 is 0 Å². The molecule has 0 aliphatic carbocycles. The predicted molar refractivity (Wildman–Crippen MR) is 127 cm³/mol. The molecule has 34 heavy (non-hydrogen) atoms. The summed E-state index contributed by atoms with van der Waals surface area (Å²) in [4.78, 5) is 37.6. The van der Waals surface area contributed by atoms with Crippen LogP contribution in [0.4, 0.5) is 11.4 Å². The number of carbonyl (C=O) groups is 2. The largest absolute Gasteiger partial charge is 0.497 e. The van der Waals surface area contributed by atoms with Crippen LogP contribution in [0.15, 0.2) is 48.5 Å². The molecule has 0 saturated carbocycles. The Kier molecular flexibility index (Phi) is 8.96. The number of anilines is 1. The second-order valence-corrected chi connectivity index (χ2v) is 9.39. The van der Waals surface area contributed by atoms with Gasteiger partial charge in [-0.05, 0) is 37.6 Å². The molecule has 2 amide bonds. The Morgan fingerprint density at radius 2 is 1.82 bits per heavy atom. The monoisotopic (exact) mass is 492 g/mol.